The number of allylic oxidation sites excluding steroid dienone is 2. The second kappa shape index (κ2) is 21.8. The molecule has 1 aliphatic heterocycles. The smallest absolute Gasteiger partial charge is 0.303 e. The van der Waals surface area contributed by atoms with Gasteiger partial charge in [0.25, 0.3) is 0 Å². The van der Waals surface area contributed by atoms with Crippen LogP contribution in [0.1, 0.15) is 108 Å². The van der Waals surface area contributed by atoms with Crippen molar-refractivity contribution in [2.45, 2.75) is 140 Å². The minimum Gasteiger partial charge on any atom is -0.508 e. The number of hydrogen-bond acceptors (Lipinski definition) is 8. The van der Waals surface area contributed by atoms with Crippen LogP contribution in [0.4, 0.5) is 0 Å². The summed E-state index contributed by atoms with van der Waals surface area (Å²) in [6, 6.07) is 13.7. The van der Waals surface area contributed by atoms with Crippen molar-refractivity contribution < 1.29 is 40.5 Å². The average Bonchev–Trinajstić information content (AvgIpc) is 3.10. The minimum atomic E-state index is -1.30. The summed E-state index contributed by atoms with van der Waals surface area (Å²) in [5.74, 6) is 5.97. The van der Waals surface area contributed by atoms with Crippen molar-refractivity contribution in [1.29, 1.82) is 0 Å². The number of aliphatic hydroxyl groups is 5. The molecule has 0 saturated carbocycles. The van der Waals surface area contributed by atoms with Gasteiger partial charge in [-0.2, -0.15) is 0 Å². The number of fused-ring (bicyclic) bond motifs is 1. The molecule has 9 heteroatoms. The maximum atomic E-state index is 12.1. The fourth-order valence-corrected chi connectivity index (χ4v) is 6.66. The molecule has 2 aromatic carbocycles. The van der Waals surface area contributed by atoms with Crippen LogP contribution in [0.5, 0.6) is 5.75 Å². The van der Waals surface area contributed by atoms with Crippen LogP contribution < -0.4 is 5.32 Å². The van der Waals surface area contributed by atoms with Crippen molar-refractivity contribution >= 4 is 5.97 Å². The molecule has 51 heavy (non-hydrogen) atoms. The summed E-state index contributed by atoms with van der Waals surface area (Å²) in [6.45, 7) is 3.35. The van der Waals surface area contributed by atoms with Crippen LogP contribution in [-0.4, -0.2) is 84.3 Å². The standard InChI is InChI=1S/C42H59NO8/c1-3-4-16-38(47)39(48)26-23-33-22-21-32-13-10-9-12-31(32)14-11-17-40(42(2,51)28-30-19-24-34(45)25-20-30)43-37(36(33)27-35(46)29-44)15-7-5-6-8-18-41(49)50/h9-10,12-13,19-20,23-26,35,37-40,43-48,51H,3-8,15-18,21-22,27-29H2,1-2H3,(H,49,50)/t35-,37-,38-,39+,40+,42-/m0/s1. The minimum absolute atomic E-state index is 0.110. The first-order valence-electron chi connectivity index (χ1n) is 18.5. The number of aliphatic carboxylic acids is 1. The summed E-state index contributed by atoms with van der Waals surface area (Å²) in [5.41, 5.74) is 3.15. The quantitative estimate of drug-likeness (QED) is 0.0711. The Morgan fingerprint density at radius 1 is 1.02 bits per heavy atom. The van der Waals surface area contributed by atoms with Gasteiger partial charge in [0, 0.05) is 36.9 Å². The number of rotatable bonds is 19. The highest BCUT2D eigenvalue weighted by molar-refractivity contribution is 5.66. The fraction of sp³-hybridized carbons (Fsp3) is 0.548. The molecule has 0 spiro atoms. The molecule has 6 atom stereocenters. The number of nitrogens with one attached hydrogen (secondary N) is 1. The van der Waals surface area contributed by atoms with Gasteiger partial charge < -0.3 is 41.1 Å². The zero-order valence-corrected chi connectivity index (χ0v) is 30.3. The first-order valence-corrected chi connectivity index (χ1v) is 18.5. The van der Waals surface area contributed by atoms with Crippen molar-refractivity contribution in [2.75, 3.05) is 6.61 Å². The van der Waals surface area contributed by atoms with Crippen LogP contribution in [-0.2, 0) is 17.6 Å². The number of carbonyl (C=O) groups is 1. The molecule has 0 saturated heterocycles. The number of aromatic hydroxyl groups is 1. The van der Waals surface area contributed by atoms with Crippen LogP contribution in [0.15, 0.2) is 71.8 Å². The topological polar surface area (TPSA) is 171 Å². The van der Waals surface area contributed by atoms with Gasteiger partial charge >= 0.3 is 5.97 Å². The van der Waals surface area contributed by atoms with Crippen LogP contribution >= 0.6 is 0 Å². The van der Waals surface area contributed by atoms with Crippen LogP contribution in [0, 0.1) is 11.8 Å². The molecule has 0 radical (unpaired) electrons. The zero-order chi connectivity index (χ0) is 37.2. The highest BCUT2D eigenvalue weighted by atomic mass is 16.4. The van der Waals surface area contributed by atoms with E-state index >= 15 is 0 Å². The largest absolute Gasteiger partial charge is 0.508 e. The summed E-state index contributed by atoms with van der Waals surface area (Å²) in [5, 5.41) is 77.3. The van der Waals surface area contributed by atoms with Gasteiger partial charge in [-0.1, -0.05) is 93.4 Å². The Balaban J connectivity index is 2.14. The van der Waals surface area contributed by atoms with E-state index in [0.29, 0.717) is 38.5 Å². The summed E-state index contributed by atoms with van der Waals surface area (Å²) in [4.78, 5) is 11.1. The van der Waals surface area contributed by atoms with E-state index in [4.69, 9.17) is 5.11 Å². The summed E-state index contributed by atoms with van der Waals surface area (Å²) in [7, 11) is 0. The summed E-state index contributed by atoms with van der Waals surface area (Å²) < 4.78 is 0. The molecule has 0 aliphatic carbocycles. The molecule has 9 nitrogen and oxygen atoms in total. The molecule has 8 N–H and O–H groups in total. The Bertz CT molecular complexity index is 1470. The molecule has 0 fully saturated rings. The number of benzene rings is 2. The van der Waals surface area contributed by atoms with Crippen molar-refractivity contribution in [3.8, 4) is 17.6 Å². The predicted octanol–water partition coefficient (Wildman–Crippen LogP) is 5.33. The number of phenolic OH excluding ortho intramolecular Hbond substituents is 1. The van der Waals surface area contributed by atoms with Gasteiger partial charge in [0.15, 0.2) is 0 Å². The van der Waals surface area contributed by atoms with E-state index in [1.165, 1.54) is 0 Å². The second-order valence-electron chi connectivity index (χ2n) is 14.1. The predicted molar refractivity (Wildman–Crippen MR) is 200 cm³/mol. The molecule has 1 aliphatic rings. The third-order valence-electron chi connectivity index (χ3n) is 9.74. The van der Waals surface area contributed by atoms with Crippen LogP contribution in [0.25, 0.3) is 0 Å². The Kier molecular flexibility index (Phi) is 17.9. The Morgan fingerprint density at radius 2 is 1.75 bits per heavy atom. The van der Waals surface area contributed by atoms with E-state index in [0.717, 1.165) is 59.9 Å². The number of carboxylic acids is 1. The first kappa shape index (κ1) is 41.9. The van der Waals surface area contributed by atoms with E-state index in [9.17, 15) is 35.4 Å². The van der Waals surface area contributed by atoms with Crippen molar-refractivity contribution in [3.63, 3.8) is 0 Å². The van der Waals surface area contributed by atoms with Gasteiger partial charge in [0.05, 0.1) is 30.5 Å². The summed E-state index contributed by atoms with van der Waals surface area (Å²) >= 11 is 0. The number of aryl methyl sites for hydroxylation is 1. The lowest BCUT2D eigenvalue weighted by molar-refractivity contribution is -0.137. The number of carboxylic acid groups (broad SMARTS) is 1. The molecule has 1 heterocycles. The third-order valence-corrected chi connectivity index (χ3v) is 9.74. The van der Waals surface area contributed by atoms with Crippen molar-refractivity contribution in [2.24, 2.45) is 0 Å². The molecule has 280 valence electrons. The third kappa shape index (κ3) is 14.6. The van der Waals surface area contributed by atoms with E-state index < -0.39 is 42.5 Å². The summed E-state index contributed by atoms with van der Waals surface area (Å²) in [6.07, 6.45) is 7.97. The second-order valence-corrected chi connectivity index (χ2v) is 14.1. The number of hydrogen-bond donors (Lipinski definition) is 8. The average molecular weight is 706 g/mol. The SMILES string of the molecule is CCCC[C@H](O)[C@H](O)C=CC1=C(C[C@H](O)CO)[C@H](CCCCCCC(=O)O)N[C@@H]([C@@](C)(O)Cc2ccc(O)cc2)CC#Cc2ccccc2CC1. The van der Waals surface area contributed by atoms with Gasteiger partial charge in [0.2, 0.25) is 0 Å². The van der Waals surface area contributed by atoms with Crippen molar-refractivity contribution in [3.05, 3.63) is 88.5 Å². The Morgan fingerprint density at radius 3 is 2.45 bits per heavy atom. The van der Waals surface area contributed by atoms with Gasteiger partial charge in [-0.3, -0.25) is 4.79 Å². The highest BCUT2D eigenvalue weighted by Gasteiger charge is 2.35. The van der Waals surface area contributed by atoms with Crippen LogP contribution in [0.3, 0.4) is 0 Å². The molecule has 0 aromatic heterocycles. The highest BCUT2D eigenvalue weighted by Crippen LogP contribution is 2.30. The lowest BCUT2D eigenvalue weighted by Gasteiger charge is -2.38. The van der Waals surface area contributed by atoms with E-state index in [2.05, 4.69) is 17.2 Å². The monoisotopic (exact) mass is 705 g/mol. The van der Waals surface area contributed by atoms with Gasteiger partial charge in [-0.25, -0.2) is 0 Å². The fourth-order valence-electron chi connectivity index (χ4n) is 6.66. The Labute approximate surface area is 303 Å². The lowest BCUT2D eigenvalue weighted by atomic mass is 9.83. The molecule has 0 unspecified atom stereocenters. The molecular formula is C42H59NO8. The van der Waals surface area contributed by atoms with Gasteiger partial charge in [-0.15, -0.1) is 0 Å². The number of unbranched alkanes of at least 4 members (excludes halogenated alkanes) is 4. The van der Waals surface area contributed by atoms with Gasteiger partial charge in [0.1, 0.15) is 5.75 Å². The number of phenols is 1. The molecular weight excluding hydrogens is 646 g/mol. The normalized spacial score (nSPS) is 19.9. The molecule has 0 amide bonds. The van der Waals surface area contributed by atoms with Gasteiger partial charge in [-0.05, 0) is 85.9 Å². The lowest BCUT2D eigenvalue weighted by Crippen LogP contribution is -2.54. The van der Waals surface area contributed by atoms with E-state index in [-0.39, 0.29) is 31.1 Å². The number of aliphatic hydroxyl groups excluding tert-OH is 4. The molecule has 3 rings (SSSR count). The molecule has 0 bridgehead atoms. The van der Waals surface area contributed by atoms with Crippen LogP contribution in [0.2, 0.25) is 0 Å². The maximum absolute atomic E-state index is 12.1. The first-order chi connectivity index (χ1) is 24.4. The van der Waals surface area contributed by atoms with E-state index in [1.807, 2.05) is 37.3 Å². The zero-order valence-electron chi connectivity index (χ0n) is 30.3. The van der Waals surface area contributed by atoms with Crippen molar-refractivity contribution in [1.82, 2.24) is 5.32 Å². The molecule has 2 aromatic rings. The maximum Gasteiger partial charge on any atom is 0.303 e. The Hall–Kier alpha value is -3.49. The van der Waals surface area contributed by atoms with E-state index in [1.54, 1.807) is 37.3 Å².